The zero-order valence-corrected chi connectivity index (χ0v) is 9.64. The molecule has 2 atom stereocenters. The Morgan fingerprint density at radius 2 is 2.50 bits per heavy atom. The van der Waals surface area contributed by atoms with Gasteiger partial charge in [0.15, 0.2) is 0 Å². The third kappa shape index (κ3) is 1.71. The predicted molar refractivity (Wildman–Crippen MR) is 58.8 cm³/mol. The van der Waals surface area contributed by atoms with E-state index in [2.05, 4.69) is 5.10 Å². The molecule has 1 saturated carbocycles. The summed E-state index contributed by atoms with van der Waals surface area (Å²) in [5, 5.41) is 4.26. The first-order valence-corrected chi connectivity index (χ1v) is 5.44. The fraction of sp³-hybridized carbons (Fsp3) is 0.636. The summed E-state index contributed by atoms with van der Waals surface area (Å²) in [4.78, 5) is 11.6. The van der Waals surface area contributed by atoms with Crippen molar-refractivity contribution < 1.29 is 9.53 Å². The number of carbonyl (C=O) groups excluding carboxylic acids is 1. The van der Waals surface area contributed by atoms with Crippen LogP contribution in [-0.4, -0.2) is 28.4 Å². The molecule has 1 aliphatic rings. The minimum absolute atomic E-state index is 0.207. The molecule has 0 bridgehead atoms. The number of rotatable bonds is 2. The minimum Gasteiger partial charge on any atom is -0.468 e. The van der Waals surface area contributed by atoms with Gasteiger partial charge < -0.3 is 10.5 Å². The van der Waals surface area contributed by atoms with Gasteiger partial charge >= 0.3 is 5.97 Å². The van der Waals surface area contributed by atoms with Gasteiger partial charge in [-0.3, -0.25) is 9.48 Å². The first kappa shape index (κ1) is 11.1. The summed E-state index contributed by atoms with van der Waals surface area (Å²) in [5.74, 6) is -0.320. The molecule has 0 aliphatic heterocycles. The average molecular weight is 223 g/mol. The van der Waals surface area contributed by atoms with Crippen molar-refractivity contribution >= 4 is 5.97 Å². The van der Waals surface area contributed by atoms with Gasteiger partial charge in [-0.1, -0.05) is 0 Å². The number of ether oxygens (including phenoxy) is 1. The Morgan fingerprint density at radius 3 is 3.06 bits per heavy atom. The van der Waals surface area contributed by atoms with E-state index in [1.165, 1.54) is 7.11 Å². The maximum Gasteiger partial charge on any atom is 0.325 e. The van der Waals surface area contributed by atoms with Crippen LogP contribution in [0.3, 0.4) is 0 Å². The Hall–Kier alpha value is -1.36. The van der Waals surface area contributed by atoms with Crippen molar-refractivity contribution in [3.05, 3.63) is 18.0 Å². The van der Waals surface area contributed by atoms with Crippen LogP contribution in [0.5, 0.6) is 0 Å². The SMILES string of the molecule is COC(=O)C1(N)CCC(n2nccc2C)C1. The number of hydrogen-bond donors (Lipinski definition) is 1. The van der Waals surface area contributed by atoms with Gasteiger partial charge in [-0.2, -0.15) is 5.10 Å². The van der Waals surface area contributed by atoms with Crippen molar-refractivity contribution in [3.8, 4) is 0 Å². The second kappa shape index (κ2) is 3.90. The molecule has 1 aromatic heterocycles. The van der Waals surface area contributed by atoms with Crippen molar-refractivity contribution in [2.45, 2.75) is 37.8 Å². The lowest BCUT2D eigenvalue weighted by Crippen LogP contribution is -2.46. The number of esters is 1. The third-order valence-electron chi connectivity index (χ3n) is 3.33. The van der Waals surface area contributed by atoms with E-state index in [1.54, 1.807) is 6.20 Å². The molecule has 1 heterocycles. The molecule has 5 heteroatoms. The second-order valence-corrected chi connectivity index (χ2v) is 4.46. The van der Waals surface area contributed by atoms with E-state index in [-0.39, 0.29) is 12.0 Å². The van der Waals surface area contributed by atoms with Crippen LogP contribution < -0.4 is 5.73 Å². The number of methoxy groups -OCH3 is 1. The molecule has 16 heavy (non-hydrogen) atoms. The first-order chi connectivity index (χ1) is 7.57. The Bertz CT molecular complexity index is 402. The van der Waals surface area contributed by atoms with E-state index in [4.69, 9.17) is 10.5 Å². The van der Waals surface area contributed by atoms with Crippen molar-refractivity contribution in [2.75, 3.05) is 7.11 Å². The molecule has 88 valence electrons. The van der Waals surface area contributed by atoms with Gasteiger partial charge in [-0.05, 0) is 32.3 Å². The molecular weight excluding hydrogens is 206 g/mol. The summed E-state index contributed by atoms with van der Waals surface area (Å²) in [7, 11) is 1.38. The van der Waals surface area contributed by atoms with Crippen molar-refractivity contribution in [3.63, 3.8) is 0 Å². The molecule has 0 aromatic carbocycles. The highest BCUT2D eigenvalue weighted by Gasteiger charge is 2.44. The second-order valence-electron chi connectivity index (χ2n) is 4.46. The summed E-state index contributed by atoms with van der Waals surface area (Å²) in [6.45, 7) is 2.00. The number of hydrogen-bond acceptors (Lipinski definition) is 4. The normalized spacial score (nSPS) is 29.3. The fourth-order valence-corrected chi connectivity index (χ4v) is 2.41. The lowest BCUT2D eigenvalue weighted by Gasteiger charge is -2.21. The highest BCUT2D eigenvalue weighted by Crippen LogP contribution is 2.36. The van der Waals surface area contributed by atoms with Crippen molar-refractivity contribution in [1.29, 1.82) is 0 Å². The maximum atomic E-state index is 11.6. The third-order valence-corrected chi connectivity index (χ3v) is 3.33. The maximum absolute atomic E-state index is 11.6. The van der Waals surface area contributed by atoms with Crippen molar-refractivity contribution in [1.82, 2.24) is 9.78 Å². The van der Waals surface area contributed by atoms with Crippen LogP contribution in [0.25, 0.3) is 0 Å². The van der Waals surface area contributed by atoms with Crippen LogP contribution in [0.1, 0.15) is 31.0 Å². The molecule has 1 fully saturated rings. The van der Waals surface area contributed by atoms with Crippen molar-refractivity contribution in [2.24, 2.45) is 5.73 Å². The van der Waals surface area contributed by atoms with Gasteiger partial charge in [0.25, 0.3) is 0 Å². The standard InChI is InChI=1S/C11H17N3O2/c1-8-4-6-13-14(8)9-3-5-11(12,7-9)10(15)16-2/h4,6,9H,3,5,7,12H2,1-2H3. The van der Waals surface area contributed by atoms with Gasteiger partial charge in [-0.25, -0.2) is 0 Å². The molecule has 0 saturated heterocycles. The first-order valence-electron chi connectivity index (χ1n) is 5.44. The molecular formula is C11H17N3O2. The molecule has 2 rings (SSSR count). The van der Waals surface area contributed by atoms with Gasteiger partial charge in [-0.15, -0.1) is 0 Å². The molecule has 2 unspecified atom stereocenters. The van der Waals surface area contributed by atoms with Crippen LogP contribution in [0.2, 0.25) is 0 Å². The fourth-order valence-electron chi connectivity index (χ4n) is 2.41. The summed E-state index contributed by atoms with van der Waals surface area (Å²) in [6, 6.07) is 2.16. The molecule has 1 aliphatic carbocycles. The zero-order valence-electron chi connectivity index (χ0n) is 9.64. The number of carbonyl (C=O) groups is 1. The Balaban J connectivity index is 2.14. The highest BCUT2D eigenvalue weighted by atomic mass is 16.5. The quantitative estimate of drug-likeness (QED) is 0.752. The molecule has 0 radical (unpaired) electrons. The van der Waals surface area contributed by atoms with Crippen LogP contribution in [0.15, 0.2) is 12.3 Å². The van der Waals surface area contributed by atoms with Crippen LogP contribution in [-0.2, 0) is 9.53 Å². The average Bonchev–Trinajstić information content (AvgIpc) is 2.84. The Kier molecular flexibility index (Phi) is 2.71. The predicted octanol–water partition coefficient (Wildman–Crippen LogP) is 0.787. The summed E-state index contributed by atoms with van der Waals surface area (Å²) < 4.78 is 6.68. The molecule has 2 N–H and O–H groups in total. The number of nitrogens with two attached hydrogens (primary N) is 1. The molecule has 0 amide bonds. The van der Waals surface area contributed by atoms with E-state index in [9.17, 15) is 4.79 Å². The monoisotopic (exact) mass is 223 g/mol. The molecule has 0 spiro atoms. The summed E-state index contributed by atoms with van der Waals surface area (Å²) >= 11 is 0. The molecule has 1 aromatic rings. The minimum atomic E-state index is -0.836. The van der Waals surface area contributed by atoms with Gasteiger partial charge in [0.1, 0.15) is 5.54 Å². The number of aromatic nitrogens is 2. The lowest BCUT2D eigenvalue weighted by atomic mass is 9.99. The summed E-state index contributed by atoms with van der Waals surface area (Å²) in [6.07, 6.45) is 3.89. The van der Waals surface area contributed by atoms with E-state index < -0.39 is 5.54 Å². The van der Waals surface area contributed by atoms with Crippen LogP contribution in [0.4, 0.5) is 0 Å². The van der Waals surface area contributed by atoms with Gasteiger partial charge in [0.2, 0.25) is 0 Å². The Morgan fingerprint density at radius 1 is 1.75 bits per heavy atom. The number of aryl methyl sites for hydroxylation is 1. The van der Waals surface area contributed by atoms with E-state index in [1.807, 2.05) is 17.7 Å². The number of nitrogens with zero attached hydrogens (tertiary/aromatic N) is 2. The largest absolute Gasteiger partial charge is 0.468 e. The van der Waals surface area contributed by atoms with E-state index >= 15 is 0 Å². The van der Waals surface area contributed by atoms with E-state index in [0.717, 1.165) is 12.1 Å². The van der Waals surface area contributed by atoms with Crippen LogP contribution >= 0.6 is 0 Å². The van der Waals surface area contributed by atoms with Crippen LogP contribution in [0, 0.1) is 6.92 Å². The van der Waals surface area contributed by atoms with E-state index in [0.29, 0.717) is 12.8 Å². The zero-order chi connectivity index (χ0) is 11.8. The van der Waals surface area contributed by atoms with Gasteiger partial charge in [0.05, 0.1) is 13.2 Å². The topological polar surface area (TPSA) is 70.1 Å². The smallest absolute Gasteiger partial charge is 0.325 e. The molecule has 5 nitrogen and oxygen atoms in total. The Labute approximate surface area is 94.6 Å². The summed E-state index contributed by atoms with van der Waals surface area (Å²) in [5.41, 5.74) is 6.30. The lowest BCUT2D eigenvalue weighted by molar-refractivity contribution is -0.146. The van der Waals surface area contributed by atoms with Gasteiger partial charge in [0, 0.05) is 11.9 Å². The highest BCUT2D eigenvalue weighted by molar-refractivity contribution is 5.80.